The lowest BCUT2D eigenvalue weighted by atomic mass is 11.0. The Morgan fingerprint density at radius 2 is 1.57 bits per heavy atom. The van der Waals surface area contributed by atoms with Crippen LogP contribution in [0.25, 0.3) is 0 Å². The lowest BCUT2D eigenvalue weighted by Gasteiger charge is -1.83. The van der Waals surface area contributed by atoms with E-state index in [1.165, 1.54) is 19.3 Å². The highest BCUT2D eigenvalue weighted by Gasteiger charge is 1.95. The number of rotatable bonds is 0. The Hall–Kier alpha value is 0.0700. The summed E-state index contributed by atoms with van der Waals surface area (Å²) in [6.07, 6.45) is 4.50. The van der Waals surface area contributed by atoms with Crippen LogP contribution in [-0.4, -0.2) is 13.3 Å². The van der Waals surface area contributed by atoms with Gasteiger partial charge < -0.3 is 9.11 Å². The second kappa shape index (κ2) is 4.23. The highest BCUT2D eigenvalue weighted by Crippen LogP contribution is 2.14. The zero-order valence-corrected chi connectivity index (χ0v) is 4.61. The normalized spacial score (nSPS) is 19.1. The molecule has 0 aliphatic heterocycles. The van der Waals surface area contributed by atoms with Gasteiger partial charge in [-0.05, 0) is 0 Å². The van der Waals surface area contributed by atoms with Crippen LogP contribution in [0.3, 0.4) is 0 Å². The van der Waals surface area contributed by atoms with Gasteiger partial charge in [-0.3, -0.25) is 0 Å². The highest BCUT2D eigenvalue weighted by atomic mass is 32.2. The zero-order valence-electron chi connectivity index (χ0n) is 3.79. The molecule has 1 saturated carbocycles. The predicted molar refractivity (Wildman–Crippen MR) is 25.4 cm³/mol. The molecule has 0 spiro atoms. The Morgan fingerprint density at radius 1 is 1.43 bits per heavy atom. The molecule has 1 unspecified atom stereocenters. The van der Waals surface area contributed by atoms with Gasteiger partial charge in [0.15, 0.2) is 0 Å². The summed E-state index contributed by atoms with van der Waals surface area (Å²) in [4.78, 5) is 0. The van der Waals surface area contributed by atoms with Crippen molar-refractivity contribution in [2.75, 3.05) is 0 Å². The van der Waals surface area contributed by atoms with Crippen LogP contribution in [0.15, 0.2) is 0 Å². The molecule has 0 saturated heterocycles. The molecule has 0 aromatic heterocycles. The first-order valence-electron chi connectivity index (χ1n) is 2.02. The Labute approximate surface area is 44.8 Å². The van der Waals surface area contributed by atoms with Gasteiger partial charge >= 0.3 is 0 Å². The van der Waals surface area contributed by atoms with Crippen LogP contribution in [0.4, 0.5) is 0 Å². The number of hydrogen-bond donors (Lipinski definition) is 1. The second-order valence-electron chi connectivity index (χ2n) is 1.28. The van der Waals surface area contributed by atoms with Crippen LogP contribution in [0.1, 0.15) is 19.3 Å². The first-order chi connectivity index (χ1) is 3.23. The summed E-state index contributed by atoms with van der Waals surface area (Å²) < 4.78 is 24.1. The van der Waals surface area contributed by atoms with Crippen molar-refractivity contribution >= 4 is 11.4 Å². The van der Waals surface area contributed by atoms with Crippen molar-refractivity contribution in [2.24, 2.45) is 0 Å². The van der Waals surface area contributed by atoms with Gasteiger partial charge in [0.05, 0.1) is 11.4 Å². The quantitative estimate of drug-likeness (QED) is 0.477. The third kappa shape index (κ3) is 87.8. The molecule has 0 aromatic rings. The van der Waals surface area contributed by atoms with Gasteiger partial charge in [-0.15, -0.1) is 0 Å². The topological polar surface area (TPSA) is 60.4 Å². The zero-order chi connectivity index (χ0) is 5.70. The van der Waals surface area contributed by atoms with E-state index in [0.717, 1.165) is 0 Å². The summed E-state index contributed by atoms with van der Waals surface area (Å²) >= 11 is -2.86. The van der Waals surface area contributed by atoms with Crippen LogP contribution in [0.5, 0.6) is 0 Å². The maximum atomic E-state index is 8.56. The minimum Gasteiger partial charge on any atom is -0.750 e. The van der Waals surface area contributed by atoms with E-state index >= 15 is 0 Å². The summed E-state index contributed by atoms with van der Waals surface area (Å²) in [5, 5.41) is 0. The predicted octanol–water partition coefficient (Wildman–Crippen LogP) is 0.509. The third-order valence-corrected chi connectivity index (χ3v) is 0.354. The van der Waals surface area contributed by atoms with Crippen molar-refractivity contribution in [1.29, 1.82) is 0 Å². The average molecular weight is 123 g/mol. The third-order valence-electron chi connectivity index (χ3n) is 0.354. The van der Waals surface area contributed by atoms with Gasteiger partial charge in [0.1, 0.15) is 0 Å². The first kappa shape index (κ1) is 7.07. The Morgan fingerprint density at radius 3 is 1.57 bits per heavy atom. The molecule has 1 atom stereocenters. The molecule has 0 aromatic carbocycles. The van der Waals surface area contributed by atoms with E-state index in [4.69, 9.17) is 13.3 Å². The maximum absolute atomic E-state index is 8.56. The van der Waals surface area contributed by atoms with E-state index in [9.17, 15) is 0 Å². The van der Waals surface area contributed by atoms with Crippen molar-refractivity contribution in [1.82, 2.24) is 0 Å². The fourth-order valence-corrected chi connectivity index (χ4v) is 0. The largest absolute Gasteiger partial charge is 0.750 e. The molecule has 7 heavy (non-hydrogen) atoms. The van der Waals surface area contributed by atoms with Crippen LogP contribution < -0.4 is 0 Å². The molecule has 1 rings (SSSR count). The van der Waals surface area contributed by atoms with E-state index in [2.05, 4.69) is 0 Å². The Bertz CT molecular complexity index is 54.4. The van der Waals surface area contributed by atoms with Crippen LogP contribution in [0, 0.1) is 0 Å². The molecule has 4 heteroatoms. The van der Waals surface area contributed by atoms with E-state index in [1.54, 1.807) is 0 Å². The molecule has 1 N–H and O–H groups in total. The van der Waals surface area contributed by atoms with Gasteiger partial charge in [-0.1, -0.05) is 19.3 Å². The van der Waals surface area contributed by atoms with Crippen molar-refractivity contribution in [3.63, 3.8) is 0 Å². The maximum Gasteiger partial charge on any atom is 0.0814 e. The average Bonchev–Trinajstić information content (AvgIpc) is 2.02. The molecule has 0 heterocycles. The molecule has 0 amide bonds. The molecule has 1 fully saturated rings. The minimum absolute atomic E-state index is 1.50. The standard InChI is InChI=1S/C3H6.H2O3S/c1-2-3-1;1-4(2)3/h1-3H2;(H2,1,2,3)/p-1. The van der Waals surface area contributed by atoms with Crippen molar-refractivity contribution < 1.29 is 13.3 Å². The van der Waals surface area contributed by atoms with Crippen LogP contribution in [0.2, 0.25) is 0 Å². The molecule has 44 valence electrons. The Kier molecular flexibility index (Phi) is 4.28. The van der Waals surface area contributed by atoms with Crippen molar-refractivity contribution in [2.45, 2.75) is 19.3 Å². The molecular formula is C3H7O3S-. The van der Waals surface area contributed by atoms with Crippen LogP contribution >= 0.6 is 0 Å². The van der Waals surface area contributed by atoms with E-state index in [-0.39, 0.29) is 0 Å². The summed E-state index contributed by atoms with van der Waals surface area (Å²) in [5.41, 5.74) is 0. The SMILES string of the molecule is C1CC1.O=S([O-])O. The summed E-state index contributed by atoms with van der Waals surface area (Å²) in [5.74, 6) is 0. The lowest BCUT2D eigenvalue weighted by molar-refractivity contribution is 0.436. The number of hydrogen-bond acceptors (Lipinski definition) is 2. The molecular weight excluding hydrogens is 116 g/mol. The van der Waals surface area contributed by atoms with Gasteiger partial charge in [-0.25, -0.2) is 4.21 Å². The lowest BCUT2D eigenvalue weighted by Crippen LogP contribution is -1.75. The monoisotopic (exact) mass is 123 g/mol. The van der Waals surface area contributed by atoms with E-state index in [0.29, 0.717) is 0 Å². The van der Waals surface area contributed by atoms with Gasteiger partial charge in [0, 0.05) is 0 Å². The van der Waals surface area contributed by atoms with E-state index < -0.39 is 11.4 Å². The van der Waals surface area contributed by atoms with Gasteiger partial charge in [0.2, 0.25) is 0 Å². The minimum atomic E-state index is -2.86. The molecule has 0 bridgehead atoms. The summed E-state index contributed by atoms with van der Waals surface area (Å²) in [6.45, 7) is 0. The highest BCUT2D eigenvalue weighted by molar-refractivity contribution is 7.73. The van der Waals surface area contributed by atoms with Crippen molar-refractivity contribution in [3.8, 4) is 0 Å². The molecule has 0 radical (unpaired) electrons. The molecule has 3 nitrogen and oxygen atoms in total. The first-order valence-corrected chi connectivity index (χ1v) is 3.05. The van der Waals surface area contributed by atoms with Crippen molar-refractivity contribution in [3.05, 3.63) is 0 Å². The molecule has 1 aliphatic carbocycles. The summed E-state index contributed by atoms with van der Waals surface area (Å²) in [6, 6.07) is 0. The fraction of sp³-hybridized carbons (Fsp3) is 1.00. The second-order valence-corrected chi connectivity index (χ2v) is 1.71. The smallest absolute Gasteiger partial charge is 0.0814 e. The molecule has 1 aliphatic rings. The Balaban J connectivity index is 0.000000105. The van der Waals surface area contributed by atoms with E-state index in [1.807, 2.05) is 0 Å². The van der Waals surface area contributed by atoms with Gasteiger partial charge in [0.25, 0.3) is 0 Å². The van der Waals surface area contributed by atoms with Crippen LogP contribution in [-0.2, 0) is 11.4 Å². The summed E-state index contributed by atoms with van der Waals surface area (Å²) in [7, 11) is 0. The van der Waals surface area contributed by atoms with Gasteiger partial charge in [-0.2, -0.15) is 0 Å². The fourth-order valence-electron chi connectivity index (χ4n) is 0.